The minimum atomic E-state index is 0.527. The van der Waals surface area contributed by atoms with Crippen molar-refractivity contribution in [3.63, 3.8) is 0 Å². The molecule has 84 valence electrons. The first-order valence-electron chi connectivity index (χ1n) is 5.29. The van der Waals surface area contributed by atoms with E-state index in [9.17, 15) is 0 Å². The molecule has 0 aliphatic carbocycles. The van der Waals surface area contributed by atoms with Crippen molar-refractivity contribution in [3.8, 4) is 10.6 Å². The van der Waals surface area contributed by atoms with Crippen molar-refractivity contribution in [2.75, 3.05) is 0 Å². The molecule has 0 radical (unpaired) electrons. The maximum Gasteiger partial charge on any atom is 0.133 e. The second-order valence-corrected chi connectivity index (χ2v) is 5.33. The smallest absolute Gasteiger partial charge is 0.133 e. The first kappa shape index (κ1) is 11.6. The molecule has 0 fully saturated rings. The molecule has 0 atom stereocenters. The van der Waals surface area contributed by atoms with E-state index in [2.05, 4.69) is 35.9 Å². The van der Waals surface area contributed by atoms with Gasteiger partial charge in [0.1, 0.15) is 11.0 Å². The molecule has 0 spiro atoms. The van der Waals surface area contributed by atoms with Crippen LogP contribution in [0.3, 0.4) is 0 Å². The Hall–Kier alpha value is -0.930. The molecule has 2 nitrogen and oxygen atoms in total. The summed E-state index contributed by atoms with van der Waals surface area (Å²) in [4.78, 5) is 11.2. The van der Waals surface area contributed by atoms with Crippen molar-refractivity contribution >= 4 is 22.9 Å². The average Bonchev–Trinajstić information content (AvgIpc) is 2.64. The fraction of sp³-hybridized carbons (Fsp3) is 0.333. The second kappa shape index (κ2) is 4.93. The van der Waals surface area contributed by atoms with Crippen molar-refractivity contribution < 1.29 is 0 Å². The summed E-state index contributed by atoms with van der Waals surface area (Å²) in [5.74, 6) is 0.830. The van der Waals surface area contributed by atoms with E-state index in [0.29, 0.717) is 5.15 Å². The second-order valence-electron chi connectivity index (χ2n) is 3.65. The number of aromatic nitrogens is 2. The summed E-state index contributed by atoms with van der Waals surface area (Å²) in [7, 11) is 0. The standard InChI is InChI=1S/C12H13ClN2S/c1-3-4-12-14-9(7-11(13)15-12)10-6-5-8(2)16-10/h5-7H,3-4H2,1-2H3. The summed E-state index contributed by atoms with van der Waals surface area (Å²) >= 11 is 7.72. The van der Waals surface area contributed by atoms with E-state index < -0.39 is 0 Å². The van der Waals surface area contributed by atoms with Crippen molar-refractivity contribution in [3.05, 3.63) is 34.1 Å². The van der Waals surface area contributed by atoms with Crippen LogP contribution in [0.4, 0.5) is 0 Å². The summed E-state index contributed by atoms with van der Waals surface area (Å²) in [6.45, 7) is 4.20. The number of halogens is 1. The molecule has 0 amide bonds. The molecular weight excluding hydrogens is 240 g/mol. The van der Waals surface area contributed by atoms with E-state index in [4.69, 9.17) is 11.6 Å². The number of nitrogens with zero attached hydrogens (tertiary/aromatic N) is 2. The summed E-state index contributed by atoms with van der Waals surface area (Å²) in [6, 6.07) is 6.00. The van der Waals surface area contributed by atoms with E-state index in [-0.39, 0.29) is 0 Å². The highest BCUT2D eigenvalue weighted by Crippen LogP contribution is 2.27. The molecule has 0 saturated heterocycles. The largest absolute Gasteiger partial charge is 0.232 e. The molecule has 0 bridgehead atoms. The Balaban J connectivity index is 2.40. The van der Waals surface area contributed by atoms with Crippen LogP contribution in [0.2, 0.25) is 5.15 Å². The summed E-state index contributed by atoms with van der Waals surface area (Å²) in [5.41, 5.74) is 0.932. The fourth-order valence-electron chi connectivity index (χ4n) is 1.50. The Bertz CT molecular complexity index is 494. The van der Waals surface area contributed by atoms with Gasteiger partial charge in [-0.1, -0.05) is 18.5 Å². The predicted molar refractivity (Wildman–Crippen MR) is 69.1 cm³/mol. The lowest BCUT2D eigenvalue weighted by molar-refractivity contribution is 0.837. The Labute approximate surface area is 104 Å². The third-order valence-electron chi connectivity index (χ3n) is 2.21. The number of rotatable bonds is 3. The molecule has 2 aromatic heterocycles. The molecule has 2 heterocycles. The lowest BCUT2D eigenvalue weighted by Gasteiger charge is -2.02. The zero-order valence-electron chi connectivity index (χ0n) is 9.33. The van der Waals surface area contributed by atoms with Crippen molar-refractivity contribution in [1.29, 1.82) is 0 Å². The Morgan fingerprint density at radius 2 is 2.12 bits per heavy atom. The monoisotopic (exact) mass is 252 g/mol. The minimum absolute atomic E-state index is 0.527. The lowest BCUT2D eigenvalue weighted by Crippen LogP contribution is -1.96. The zero-order valence-corrected chi connectivity index (χ0v) is 10.9. The van der Waals surface area contributed by atoms with Gasteiger partial charge in [0.05, 0.1) is 10.6 Å². The van der Waals surface area contributed by atoms with E-state index in [1.54, 1.807) is 11.3 Å². The average molecular weight is 253 g/mol. The first-order chi connectivity index (χ1) is 7.69. The Morgan fingerprint density at radius 3 is 2.75 bits per heavy atom. The van der Waals surface area contributed by atoms with Gasteiger partial charge in [0.15, 0.2) is 0 Å². The first-order valence-corrected chi connectivity index (χ1v) is 6.48. The normalized spacial score (nSPS) is 10.7. The molecule has 16 heavy (non-hydrogen) atoms. The van der Waals surface area contributed by atoms with Crippen LogP contribution in [0.5, 0.6) is 0 Å². The van der Waals surface area contributed by atoms with Crippen LogP contribution >= 0.6 is 22.9 Å². The van der Waals surface area contributed by atoms with Crippen LogP contribution < -0.4 is 0 Å². The predicted octanol–water partition coefficient (Wildman–Crippen LogP) is 4.12. The summed E-state index contributed by atoms with van der Waals surface area (Å²) in [5, 5.41) is 0.527. The van der Waals surface area contributed by atoms with Crippen LogP contribution in [0.15, 0.2) is 18.2 Å². The third kappa shape index (κ3) is 2.60. The number of hydrogen-bond acceptors (Lipinski definition) is 3. The molecular formula is C12H13ClN2S. The van der Waals surface area contributed by atoms with Crippen molar-refractivity contribution in [1.82, 2.24) is 9.97 Å². The molecule has 0 aromatic carbocycles. The Kier molecular flexibility index (Phi) is 3.56. The van der Waals surface area contributed by atoms with Gasteiger partial charge in [0.2, 0.25) is 0 Å². The van der Waals surface area contributed by atoms with Crippen LogP contribution in [-0.2, 0) is 6.42 Å². The highest BCUT2D eigenvalue weighted by atomic mass is 35.5. The Morgan fingerprint density at radius 1 is 1.31 bits per heavy atom. The topological polar surface area (TPSA) is 25.8 Å². The maximum absolute atomic E-state index is 6.00. The van der Waals surface area contributed by atoms with Gasteiger partial charge in [-0.05, 0) is 25.5 Å². The molecule has 4 heteroatoms. The maximum atomic E-state index is 6.00. The molecule has 0 N–H and O–H groups in total. The number of aryl methyl sites for hydroxylation is 2. The quantitative estimate of drug-likeness (QED) is 0.768. The summed E-state index contributed by atoms with van der Waals surface area (Å²) in [6.07, 6.45) is 1.90. The van der Waals surface area contributed by atoms with Gasteiger partial charge in [0.25, 0.3) is 0 Å². The molecule has 0 saturated carbocycles. The number of thiophene rings is 1. The minimum Gasteiger partial charge on any atom is -0.232 e. The van der Waals surface area contributed by atoms with E-state index in [1.807, 2.05) is 6.07 Å². The van der Waals surface area contributed by atoms with Gasteiger partial charge in [-0.2, -0.15) is 0 Å². The number of hydrogen-bond donors (Lipinski definition) is 0. The molecule has 0 unspecified atom stereocenters. The third-order valence-corrected chi connectivity index (χ3v) is 3.42. The lowest BCUT2D eigenvalue weighted by atomic mass is 10.3. The van der Waals surface area contributed by atoms with Crippen molar-refractivity contribution in [2.24, 2.45) is 0 Å². The molecule has 2 aromatic rings. The van der Waals surface area contributed by atoms with E-state index in [0.717, 1.165) is 29.2 Å². The molecule has 0 aliphatic rings. The van der Waals surface area contributed by atoms with Crippen molar-refractivity contribution in [2.45, 2.75) is 26.7 Å². The van der Waals surface area contributed by atoms with Crippen LogP contribution in [0.1, 0.15) is 24.0 Å². The fourth-order valence-corrected chi connectivity index (χ4v) is 2.53. The van der Waals surface area contributed by atoms with E-state index in [1.165, 1.54) is 4.88 Å². The zero-order chi connectivity index (χ0) is 11.5. The van der Waals surface area contributed by atoms with Crippen LogP contribution in [0.25, 0.3) is 10.6 Å². The summed E-state index contributed by atoms with van der Waals surface area (Å²) < 4.78 is 0. The molecule has 2 rings (SSSR count). The SMILES string of the molecule is CCCc1nc(Cl)cc(-c2ccc(C)s2)n1. The van der Waals surface area contributed by atoms with Gasteiger partial charge in [-0.15, -0.1) is 11.3 Å². The van der Waals surface area contributed by atoms with E-state index >= 15 is 0 Å². The van der Waals surface area contributed by atoms with Gasteiger partial charge < -0.3 is 0 Å². The van der Waals surface area contributed by atoms with Crippen LogP contribution in [0, 0.1) is 6.92 Å². The highest BCUT2D eigenvalue weighted by Gasteiger charge is 2.06. The van der Waals surface area contributed by atoms with Crippen LogP contribution in [-0.4, -0.2) is 9.97 Å². The van der Waals surface area contributed by atoms with Gasteiger partial charge in [-0.25, -0.2) is 9.97 Å². The molecule has 0 aliphatic heterocycles. The van der Waals surface area contributed by atoms with Gasteiger partial charge >= 0.3 is 0 Å². The van der Waals surface area contributed by atoms with Gasteiger partial charge in [-0.3, -0.25) is 0 Å². The highest BCUT2D eigenvalue weighted by molar-refractivity contribution is 7.15. The van der Waals surface area contributed by atoms with Gasteiger partial charge in [0, 0.05) is 17.4 Å².